The first-order chi connectivity index (χ1) is 18.5. The van der Waals surface area contributed by atoms with Gasteiger partial charge in [0.15, 0.2) is 0 Å². The van der Waals surface area contributed by atoms with Crippen LogP contribution in [0.5, 0.6) is 0 Å². The Morgan fingerprint density at radius 2 is 1.84 bits per heavy atom. The third-order valence-corrected chi connectivity index (χ3v) is 5.45. The Bertz CT molecular complexity index is 1170. The standard InChI is InChI=1S/C26H31N5O7/c1-2-36-23(33)13-15-30(17-21-11-8-16-37-21)26-24(31(34)35)25(28-19-29-26)27-14-7-6-12-22(32)38-18-20-9-4-3-5-10-20/h3-5,8-11,16,19H,2,6-7,12-15,17-18H2,1H3,(H,27,28,29). The van der Waals surface area contributed by atoms with Gasteiger partial charge in [0.2, 0.25) is 11.6 Å². The molecule has 3 aromatic rings. The molecule has 0 spiro atoms. The first kappa shape index (κ1) is 28.1. The van der Waals surface area contributed by atoms with Gasteiger partial charge in [-0.2, -0.15) is 0 Å². The van der Waals surface area contributed by atoms with Crippen molar-refractivity contribution in [3.63, 3.8) is 0 Å². The monoisotopic (exact) mass is 525 g/mol. The molecule has 0 aliphatic heterocycles. The van der Waals surface area contributed by atoms with Crippen molar-refractivity contribution in [2.24, 2.45) is 0 Å². The molecule has 0 aliphatic carbocycles. The quantitative estimate of drug-likeness (QED) is 0.124. The molecule has 202 valence electrons. The van der Waals surface area contributed by atoms with Crippen LogP contribution < -0.4 is 10.2 Å². The molecule has 38 heavy (non-hydrogen) atoms. The van der Waals surface area contributed by atoms with Gasteiger partial charge in [-0.1, -0.05) is 30.3 Å². The number of ether oxygens (including phenoxy) is 2. The minimum Gasteiger partial charge on any atom is -0.467 e. The number of anilines is 2. The van der Waals surface area contributed by atoms with E-state index in [-0.39, 0.29) is 62.4 Å². The van der Waals surface area contributed by atoms with E-state index in [1.165, 1.54) is 12.6 Å². The van der Waals surface area contributed by atoms with Gasteiger partial charge in [-0.05, 0) is 37.5 Å². The van der Waals surface area contributed by atoms with E-state index < -0.39 is 10.9 Å². The lowest BCUT2D eigenvalue weighted by atomic mass is 10.2. The second-order valence-electron chi connectivity index (χ2n) is 8.24. The number of carbonyl (C=O) groups is 2. The first-order valence-corrected chi connectivity index (χ1v) is 12.3. The number of hydrogen-bond acceptors (Lipinski definition) is 11. The number of furan rings is 1. The summed E-state index contributed by atoms with van der Waals surface area (Å²) in [5.74, 6) is -0.0750. The largest absolute Gasteiger partial charge is 0.467 e. The molecule has 2 heterocycles. The van der Waals surface area contributed by atoms with Gasteiger partial charge >= 0.3 is 17.6 Å². The Balaban J connectivity index is 1.59. The van der Waals surface area contributed by atoms with Crippen molar-refractivity contribution >= 4 is 29.3 Å². The summed E-state index contributed by atoms with van der Waals surface area (Å²) in [6, 6.07) is 12.8. The SMILES string of the molecule is CCOC(=O)CCN(Cc1ccco1)c1ncnc(NCCCCC(=O)OCc2ccccc2)c1[N+](=O)[O-]. The Labute approximate surface area is 220 Å². The maximum absolute atomic E-state index is 12.0. The summed E-state index contributed by atoms with van der Waals surface area (Å²) in [7, 11) is 0. The van der Waals surface area contributed by atoms with Gasteiger partial charge in [-0.25, -0.2) is 9.97 Å². The zero-order chi connectivity index (χ0) is 27.2. The lowest BCUT2D eigenvalue weighted by Crippen LogP contribution is -2.28. The van der Waals surface area contributed by atoms with Crippen LogP contribution in [0.1, 0.15) is 43.9 Å². The molecular weight excluding hydrogens is 494 g/mol. The Hall–Kier alpha value is -4.48. The summed E-state index contributed by atoms with van der Waals surface area (Å²) in [6.07, 6.45) is 4.07. The number of nitrogens with zero attached hydrogens (tertiary/aromatic N) is 4. The van der Waals surface area contributed by atoms with Crippen LogP contribution in [-0.4, -0.2) is 46.5 Å². The Morgan fingerprint density at radius 1 is 1.05 bits per heavy atom. The predicted octanol–water partition coefficient (Wildman–Crippen LogP) is 4.26. The first-order valence-electron chi connectivity index (χ1n) is 12.3. The summed E-state index contributed by atoms with van der Waals surface area (Å²) in [5.41, 5.74) is 0.600. The fraction of sp³-hybridized carbons (Fsp3) is 0.385. The topological polar surface area (TPSA) is 150 Å². The second kappa shape index (κ2) is 14.9. The molecule has 0 amide bonds. The molecule has 0 fully saturated rings. The average Bonchev–Trinajstić information content (AvgIpc) is 3.43. The van der Waals surface area contributed by atoms with E-state index >= 15 is 0 Å². The van der Waals surface area contributed by atoms with Crippen molar-refractivity contribution < 1.29 is 28.4 Å². The third kappa shape index (κ3) is 8.87. The third-order valence-electron chi connectivity index (χ3n) is 5.45. The van der Waals surface area contributed by atoms with Crippen molar-refractivity contribution in [2.45, 2.75) is 45.8 Å². The molecule has 0 saturated heterocycles. The van der Waals surface area contributed by atoms with Gasteiger partial charge in [-0.15, -0.1) is 0 Å². The number of esters is 2. The van der Waals surface area contributed by atoms with Crippen LogP contribution in [0.4, 0.5) is 17.3 Å². The van der Waals surface area contributed by atoms with Gasteiger partial charge in [-0.3, -0.25) is 19.7 Å². The van der Waals surface area contributed by atoms with Crippen LogP contribution in [0.3, 0.4) is 0 Å². The van der Waals surface area contributed by atoms with E-state index in [2.05, 4.69) is 15.3 Å². The highest BCUT2D eigenvalue weighted by atomic mass is 16.6. The minimum absolute atomic E-state index is 0.0127. The van der Waals surface area contributed by atoms with E-state index in [1.54, 1.807) is 24.0 Å². The van der Waals surface area contributed by atoms with E-state index in [0.717, 1.165) is 5.56 Å². The summed E-state index contributed by atoms with van der Waals surface area (Å²) >= 11 is 0. The van der Waals surface area contributed by atoms with Crippen LogP contribution in [0, 0.1) is 10.1 Å². The van der Waals surface area contributed by atoms with Crippen LogP contribution in [-0.2, 0) is 32.2 Å². The number of unbranched alkanes of at least 4 members (excludes halogenated alkanes) is 1. The van der Waals surface area contributed by atoms with Gasteiger partial charge in [0.1, 0.15) is 18.7 Å². The number of carbonyl (C=O) groups excluding carboxylic acids is 2. The van der Waals surface area contributed by atoms with Crippen molar-refractivity contribution in [2.75, 3.05) is 29.9 Å². The summed E-state index contributed by atoms with van der Waals surface area (Å²) < 4.78 is 15.7. The smallest absolute Gasteiger partial charge is 0.353 e. The lowest BCUT2D eigenvalue weighted by molar-refractivity contribution is -0.383. The van der Waals surface area contributed by atoms with Crippen molar-refractivity contribution in [3.8, 4) is 0 Å². The van der Waals surface area contributed by atoms with Crippen LogP contribution in [0.2, 0.25) is 0 Å². The normalized spacial score (nSPS) is 10.6. The van der Waals surface area contributed by atoms with E-state index in [0.29, 0.717) is 25.1 Å². The van der Waals surface area contributed by atoms with E-state index in [1.807, 2.05) is 30.3 Å². The molecule has 1 N–H and O–H groups in total. The number of nitrogens with one attached hydrogen (secondary N) is 1. The Kier molecular flexibility index (Phi) is 11.0. The highest BCUT2D eigenvalue weighted by Crippen LogP contribution is 2.33. The van der Waals surface area contributed by atoms with E-state index in [9.17, 15) is 19.7 Å². The number of hydrogen-bond donors (Lipinski definition) is 1. The molecule has 1 aromatic carbocycles. The lowest BCUT2D eigenvalue weighted by Gasteiger charge is -2.22. The van der Waals surface area contributed by atoms with Gasteiger partial charge in [0.25, 0.3) is 0 Å². The number of nitro groups is 1. The maximum atomic E-state index is 12.0. The molecule has 2 aromatic heterocycles. The Morgan fingerprint density at radius 3 is 2.55 bits per heavy atom. The van der Waals surface area contributed by atoms with Gasteiger partial charge in [0.05, 0.1) is 30.8 Å². The number of benzene rings is 1. The van der Waals surface area contributed by atoms with Crippen molar-refractivity contribution in [3.05, 3.63) is 76.5 Å². The van der Waals surface area contributed by atoms with E-state index in [4.69, 9.17) is 13.9 Å². The fourth-order valence-electron chi connectivity index (χ4n) is 3.62. The molecule has 0 aliphatic rings. The van der Waals surface area contributed by atoms with Crippen LogP contribution >= 0.6 is 0 Å². The van der Waals surface area contributed by atoms with Gasteiger partial charge in [0, 0.05) is 19.5 Å². The fourth-order valence-corrected chi connectivity index (χ4v) is 3.62. The molecule has 12 nitrogen and oxygen atoms in total. The van der Waals surface area contributed by atoms with Crippen molar-refractivity contribution in [1.82, 2.24) is 9.97 Å². The highest BCUT2D eigenvalue weighted by Gasteiger charge is 2.28. The summed E-state index contributed by atoms with van der Waals surface area (Å²) in [6.45, 7) is 2.81. The molecule has 0 atom stereocenters. The average molecular weight is 526 g/mol. The number of rotatable bonds is 16. The predicted molar refractivity (Wildman–Crippen MR) is 138 cm³/mol. The molecule has 0 saturated carbocycles. The molecular formula is C26H31N5O7. The molecule has 12 heteroatoms. The second-order valence-corrected chi connectivity index (χ2v) is 8.24. The maximum Gasteiger partial charge on any atom is 0.353 e. The molecule has 3 rings (SSSR count). The molecule has 0 radical (unpaired) electrons. The summed E-state index contributed by atoms with van der Waals surface area (Å²) in [5, 5.41) is 15.0. The molecule has 0 bridgehead atoms. The zero-order valence-electron chi connectivity index (χ0n) is 21.2. The highest BCUT2D eigenvalue weighted by molar-refractivity contribution is 5.73. The van der Waals surface area contributed by atoms with Crippen LogP contribution in [0.25, 0.3) is 0 Å². The molecule has 0 unspecified atom stereocenters. The van der Waals surface area contributed by atoms with Crippen LogP contribution in [0.15, 0.2) is 59.5 Å². The number of aromatic nitrogens is 2. The summed E-state index contributed by atoms with van der Waals surface area (Å²) in [4.78, 5) is 45.2. The van der Waals surface area contributed by atoms with Crippen molar-refractivity contribution in [1.29, 1.82) is 0 Å². The minimum atomic E-state index is -0.557. The zero-order valence-corrected chi connectivity index (χ0v) is 21.2. The van der Waals surface area contributed by atoms with Gasteiger partial charge < -0.3 is 24.1 Å².